The van der Waals surface area contributed by atoms with Crippen molar-refractivity contribution in [2.45, 2.75) is 31.4 Å². The van der Waals surface area contributed by atoms with E-state index in [1.807, 2.05) is 48.5 Å². The Morgan fingerprint density at radius 1 is 1.13 bits per heavy atom. The number of benzene rings is 2. The van der Waals surface area contributed by atoms with Gasteiger partial charge >= 0.3 is 0 Å². The third-order valence-electron chi connectivity index (χ3n) is 4.38. The molecule has 1 aliphatic carbocycles. The van der Waals surface area contributed by atoms with Crippen LogP contribution in [0.1, 0.15) is 30.4 Å². The molecule has 118 valence electrons. The van der Waals surface area contributed by atoms with Crippen LogP contribution < -0.4 is 9.47 Å². The van der Waals surface area contributed by atoms with Crippen LogP contribution in [0.15, 0.2) is 53.5 Å². The summed E-state index contributed by atoms with van der Waals surface area (Å²) in [7, 11) is 1.62. The molecule has 1 aliphatic rings. The molecule has 1 fully saturated rings. The average Bonchev–Trinajstić information content (AvgIpc) is 2.57. The quantitative estimate of drug-likeness (QED) is 0.599. The summed E-state index contributed by atoms with van der Waals surface area (Å²) in [6.07, 6.45) is 4.52. The first-order valence-corrected chi connectivity index (χ1v) is 7.72. The number of rotatable bonds is 6. The Balaban J connectivity index is 1.86. The Kier molecular flexibility index (Phi) is 4.45. The zero-order valence-corrected chi connectivity index (χ0v) is 13.1. The lowest BCUT2D eigenvalue weighted by molar-refractivity contribution is 0.250. The lowest BCUT2D eigenvalue weighted by atomic mass is 9.72. The van der Waals surface area contributed by atoms with Crippen molar-refractivity contribution in [1.29, 1.82) is 0 Å². The van der Waals surface area contributed by atoms with Crippen molar-refractivity contribution in [1.82, 2.24) is 0 Å². The number of hydrogen-bond acceptors (Lipinski definition) is 4. The van der Waals surface area contributed by atoms with E-state index in [0.29, 0.717) is 18.1 Å². The second-order valence-corrected chi connectivity index (χ2v) is 5.73. The van der Waals surface area contributed by atoms with Gasteiger partial charge in [-0.1, -0.05) is 36.4 Å². The number of hydrogen-bond donors (Lipinski definition) is 0. The Hall–Kier alpha value is -2.58. The van der Waals surface area contributed by atoms with Gasteiger partial charge in [-0.25, -0.2) is 4.79 Å². The fourth-order valence-corrected chi connectivity index (χ4v) is 2.88. The maximum Gasteiger partial charge on any atom is 0.235 e. The first kappa shape index (κ1) is 15.3. The number of ether oxygens (including phenoxy) is 2. The first-order valence-electron chi connectivity index (χ1n) is 7.72. The number of carbonyl (C=O) groups excluding carboxylic acids is 1. The normalized spacial score (nSPS) is 15.2. The molecule has 0 saturated heterocycles. The van der Waals surface area contributed by atoms with E-state index in [2.05, 4.69) is 4.99 Å². The topological polar surface area (TPSA) is 47.9 Å². The van der Waals surface area contributed by atoms with Crippen molar-refractivity contribution in [3.05, 3.63) is 59.7 Å². The Morgan fingerprint density at radius 3 is 2.52 bits per heavy atom. The maximum absolute atomic E-state index is 10.8. The molecule has 0 atom stereocenters. The zero-order chi connectivity index (χ0) is 16.1. The summed E-state index contributed by atoms with van der Waals surface area (Å²) >= 11 is 0. The van der Waals surface area contributed by atoms with E-state index >= 15 is 0 Å². The van der Waals surface area contributed by atoms with Gasteiger partial charge in [0.2, 0.25) is 6.08 Å². The Labute approximate surface area is 135 Å². The fourth-order valence-electron chi connectivity index (χ4n) is 2.88. The summed E-state index contributed by atoms with van der Waals surface area (Å²) in [5.74, 6) is 1.34. The summed E-state index contributed by atoms with van der Waals surface area (Å²) in [5, 5.41) is 0. The second-order valence-electron chi connectivity index (χ2n) is 5.73. The summed E-state index contributed by atoms with van der Waals surface area (Å²) in [6, 6.07) is 15.7. The van der Waals surface area contributed by atoms with Crippen LogP contribution in [0.4, 0.5) is 0 Å². The molecule has 2 aromatic carbocycles. The molecular formula is C19H19NO3. The van der Waals surface area contributed by atoms with Gasteiger partial charge < -0.3 is 9.47 Å². The Morgan fingerprint density at radius 2 is 1.91 bits per heavy atom. The first-order chi connectivity index (χ1) is 11.3. The third kappa shape index (κ3) is 3.13. The largest absolute Gasteiger partial charge is 0.493 e. The van der Waals surface area contributed by atoms with Gasteiger partial charge in [-0.05, 0) is 42.5 Å². The molecule has 2 aromatic rings. The van der Waals surface area contributed by atoms with Gasteiger partial charge in [0.25, 0.3) is 0 Å². The van der Waals surface area contributed by atoms with Gasteiger partial charge in [0.1, 0.15) is 6.61 Å². The highest BCUT2D eigenvalue weighted by Crippen LogP contribution is 2.46. The van der Waals surface area contributed by atoms with Crippen LogP contribution in [0, 0.1) is 0 Å². The molecule has 0 aliphatic heterocycles. The molecule has 3 rings (SSSR count). The van der Waals surface area contributed by atoms with Gasteiger partial charge in [0.05, 0.1) is 12.6 Å². The van der Waals surface area contributed by atoms with Crippen molar-refractivity contribution < 1.29 is 14.3 Å². The monoisotopic (exact) mass is 309 g/mol. The van der Waals surface area contributed by atoms with Gasteiger partial charge in [-0.15, -0.1) is 0 Å². The molecule has 4 heteroatoms. The number of nitrogens with zero attached hydrogens (tertiary/aromatic N) is 1. The molecule has 0 spiro atoms. The van der Waals surface area contributed by atoms with E-state index in [0.717, 1.165) is 30.4 Å². The molecule has 0 amide bonds. The highest BCUT2D eigenvalue weighted by atomic mass is 16.5. The highest BCUT2D eigenvalue weighted by molar-refractivity contribution is 5.47. The van der Waals surface area contributed by atoms with Crippen molar-refractivity contribution in [3.63, 3.8) is 0 Å². The molecule has 4 nitrogen and oxygen atoms in total. The number of methoxy groups -OCH3 is 1. The minimum absolute atomic E-state index is 0.432. The van der Waals surface area contributed by atoms with E-state index in [4.69, 9.17) is 9.47 Å². The molecule has 0 radical (unpaired) electrons. The molecule has 0 N–H and O–H groups in total. The van der Waals surface area contributed by atoms with E-state index in [-0.39, 0.29) is 0 Å². The van der Waals surface area contributed by atoms with E-state index in [9.17, 15) is 4.79 Å². The maximum atomic E-state index is 10.8. The van der Waals surface area contributed by atoms with Crippen LogP contribution >= 0.6 is 0 Å². The van der Waals surface area contributed by atoms with E-state index < -0.39 is 5.54 Å². The summed E-state index contributed by atoms with van der Waals surface area (Å²) < 4.78 is 11.3. The predicted octanol–water partition coefficient (Wildman–Crippen LogP) is 3.99. The van der Waals surface area contributed by atoms with Gasteiger partial charge in [-0.2, -0.15) is 4.99 Å². The SMILES string of the molecule is COc1ccc(C2(N=C=O)CCC2)cc1OCc1ccccc1. The van der Waals surface area contributed by atoms with Crippen LogP contribution in [0.2, 0.25) is 0 Å². The van der Waals surface area contributed by atoms with Crippen molar-refractivity contribution >= 4 is 6.08 Å². The molecule has 0 unspecified atom stereocenters. The van der Waals surface area contributed by atoms with Gasteiger partial charge in [0.15, 0.2) is 11.5 Å². The predicted molar refractivity (Wildman–Crippen MR) is 87.4 cm³/mol. The zero-order valence-electron chi connectivity index (χ0n) is 13.1. The van der Waals surface area contributed by atoms with Crippen molar-refractivity contribution in [2.75, 3.05) is 7.11 Å². The molecule has 23 heavy (non-hydrogen) atoms. The molecule has 0 aromatic heterocycles. The minimum Gasteiger partial charge on any atom is -0.493 e. The molecule has 0 heterocycles. The van der Waals surface area contributed by atoms with Gasteiger partial charge in [0, 0.05) is 0 Å². The second kappa shape index (κ2) is 6.67. The van der Waals surface area contributed by atoms with Crippen LogP contribution in [0.3, 0.4) is 0 Å². The Bertz CT molecular complexity index is 717. The average molecular weight is 309 g/mol. The third-order valence-corrected chi connectivity index (χ3v) is 4.38. The van der Waals surface area contributed by atoms with Crippen molar-refractivity contribution in [3.8, 4) is 11.5 Å². The fraction of sp³-hybridized carbons (Fsp3) is 0.316. The minimum atomic E-state index is -0.432. The van der Waals surface area contributed by atoms with Crippen LogP contribution in [0.25, 0.3) is 0 Å². The van der Waals surface area contributed by atoms with Crippen LogP contribution in [0.5, 0.6) is 11.5 Å². The molecular weight excluding hydrogens is 290 g/mol. The van der Waals surface area contributed by atoms with Gasteiger partial charge in [-0.3, -0.25) is 0 Å². The van der Waals surface area contributed by atoms with Crippen molar-refractivity contribution in [2.24, 2.45) is 4.99 Å². The van der Waals surface area contributed by atoms with E-state index in [1.54, 1.807) is 13.2 Å². The smallest absolute Gasteiger partial charge is 0.235 e. The summed E-state index contributed by atoms with van der Waals surface area (Å²) in [4.78, 5) is 14.8. The molecule has 0 bridgehead atoms. The molecule has 1 saturated carbocycles. The number of isocyanates is 1. The van der Waals surface area contributed by atoms with E-state index in [1.165, 1.54) is 0 Å². The lowest BCUT2D eigenvalue weighted by Crippen LogP contribution is -2.31. The standard InChI is InChI=1S/C19H19NO3/c1-22-17-9-8-16(19(20-14-21)10-5-11-19)12-18(17)23-13-15-6-3-2-4-7-15/h2-4,6-9,12H,5,10-11,13H2,1H3. The van der Waals surface area contributed by atoms with Crippen LogP contribution in [-0.4, -0.2) is 13.2 Å². The number of aliphatic imine (C=N–C) groups is 1. The highest BCUT2D eigenvalue weighted by Gasteiger charge is 2.39. The summed E-state index contributed by atoms with van der Waals surface area (Å²) in [6.45, 7) is 0.463. The van der Waals surface area contributed by atoms with Crippen LogP contribution in [-0.2, 0) is 16.9 Å². The lowest BCUT2D eigenvalue weighted by Gasteiger charge is -2.37. The summed E-state index contributed by atoms with van der Waals surface area (Å²) in [5.41, 5.74) is 1.64.